The summed E-state index contributed by atoms with van der Waals surface area (Å²) in [5.41, 5.74) is 16.8. The minimum absolute atomic E-state index is 0.0301. The summed E-state index contributed by atoms with van der Waals surface area (Å²) in [6, 6.07) is 52.9. The van der Waals surface area contributed by atoms with Crippen molar-refractivity contribution in [3.63, 3.8) is 0 Å². The van der Waals surface area contributed by atoms with Crippen LogP contribution in [-0.4, -0.2) is 79.2 Å². The van der Waals surface area contributed by atoms with E-state index in [1.165, 1.54) is 89.9 Å². The smallest absolute Gasteiger partial charge is 0.392 e. The second-order valence-corrected chi connectivity index (χ2v) is 26.6. The third kappa shape index (κ3) is 18.3. The van der Waals surface area contributed by atoms with E-state index in [2.05, 4.69) is 112 Å². The number of benzene rings is 9. The van der Waals surface area contributed by atoms with Crippen LogP contribution in [0.25, 0.3) is 33.4 Å². The number of hydrogen-bond acceptors (Lipinski definition) is 11. The first-order valence-electron chi connectivity index (χ1n) is 34.0. The number of nitrogens with one attached hydrogen (secondary N) is 1. The van der Waals surface area contributed by atoms with Gasteiger partial charge in [0.15, 0.2) is 0 Å². The van der Waals surface area contributed by atoms with E-state index in [0.717, 1.165) is 67.0 Å². The van der Waals surface area contributed by atoms with Gasteiger partial charge in [-0.2, -0.15) is 26.3 Å². The van der Waals surface area contributed by atoms with E-state index < -0.39 is 45.8 Å². The van der Waals surface area contributed by atoms with Gasteiger partial charge >= 0.3 is 18.0 Å². The summed E-state index contributed by atoms with van der Waals surface area (Å²) >= 11 is 0. The maximum absolute atomic E-state index is 15.6. The molecule has 10 N–H and O–H groups in total. The molecule has 0 radical (unpaired) electrons. The maximum atomic E-state index is 15.6. The molecule has 0 heterocycles. The number of aliphatic hydroxyl groups is 9. The Balaban J connectivity index is 0.000000213. The highest BCUT2D eigenvalue weighted by Crippen LogP contribution is 2.54. The Labute approximate surface area is 590 Å². The number of aliphatic hydroxyl groups excluding tert-OH is 6. The lowest BCUT2D eigenvalue weighted by atomic mass is 9.85. The molecular weight excluding hydrogens is 1300 g/mol. The first-order valence-corrected chi connectivity index (χ1v) is 34.0. The lowest BCUT2D eigenvalue weighted by Crippen LogP contribution is -2.54. The molecule has 9 aromatic carbocycles. The zero-order chi connectivity index (χ0) is 74.4. The first kappa shape index (κ1) is 80.1. The van der Waals surface area contributed by atoms with E-state index in [4.69, 9.17) is 0 Å². The summed E-state index contributed by atoms with van der Waals surface area (Å²) in [5.74, 6) is -11.2. The van der Waals surface area contributed by atoms with Crippen LogP contribution in [0.15, 0.2) is 176 Å². The Morgan fingerprint density at radius 1 is 0.416 bits per heavy atom. The third-order valence-corrected chi connectivity index (χ3v) is 19.6. The van der Waals surface area contributed by atoms with Crippen molar-refractivity contribution in [1.29, 1.82) is 0 Å². The van der Waals surface area contributed by atoms with Crippen LogP contribution in [0.2, 0.25) is 0 Å². The van der Waals surface area contributed by atoms with Crippen molar-refractivity contribution in [2.45, 2.75) is 170 Å². The predicted octanol–water partition coefficient (Wildman–Crippen LogP) is 16.6. The Kier molecular flexibility index (Phi) is 27.1. The van der Waals surface area contributed by atoms with Gasteiger partial charge < -0.3 is 56.2 Å². The van der Waals surface area contributed by atoms with Gasteiger partial charge in [-0.25, -0.2) is 0 Å². The summed E-state index contributed by atoms with van der Waals surface area (Å²) in [6.45, 7) is 16.8. The normalized spacial score (nSPS) is 12.7. The Morgan fingerprint density at radius 2 is 0.861 bits per heavy atom. The van der Waals surface area contributed by atoms with Crippen molar-refractivity contribution in [3.8, 4) is 33.4 Å². The highest BCUT2D eigenvalue weighted by atomic mass is 19.4. The molecule has 0 amide bonds. The maximum Gasteiger partial charge on any atom is 0.459 e. The molecule has 0 fully saturated rings. The Bertz CT molecular complexity index is 4250. The molecule has 0 aliphatic carbocycles. The van der Waals surface area contributed by atoms with Gasteiger partial charge in [-0.15, -0.1) is 0 Å². The molecule has 12 nitrogen and oxygen atoms in total. The van der Waals surface area contributed by atoms with Crippen molar-refractivity contribution in [1.82, 2.24) is 4.48 Å². The van der Waals surface area contributed by atoms with Crippen molar-refractivity contribution in [3.05, 3.63) is 265 Å². The molecule has 9 rings (SSSR count). The van der Waals surface area contributed by atoms with Gasteiger partial charge in [-0.1, -0.05) is 167 Å². The minimum Gasteiger partial charge on any atom is -0.392 e. The van der Waals surface area contributed by atoms with E-state index in [9.17, 15) is 67.9 Å². The zero-order valence-corrected chi connectivity index (χ0v) is 59.6. The lowest BCUT2D eigenvalue weighted by molar-refractivity contribution is -0.379. The average molecular weight is 1400 g/mol. The van der Waals surface area contributed by atoms with Crippen molar-refractivity contribution < 1.29 is 72.3 Å². The quantitative estimate of drug-likeness (QED) is 0.0183. The van der Waals surface area contributed by atoms with Crippen LogP contribution in [0.5, 0.6) is 0 Å². The largest absolute Gasteiger partial charge is 0.459 e. The number of nitrogens with zero attached hydrogens (tertiary/aromatic N) is 2. The van der Waals surface area contributed by atoms with Gasteiger partial charge in [0.1, 0.15) is 12.2 Å². The molecule has 101 heavy (non-hydrogen) atoms. The van der Waals surface area contributed by atoms with E-state index in [1.54, 1.807) is 24.3 Å². The first-order chi connectivity index (χ1) is 47.8. The topological polar surface area (TPSA) is 197 Å². The second-order valence-electron chi connectivity index (χ2n) is 26.6. The molecule has 0 aromatic heterocycles. The van der Waals surface area contributed by atoms with Gasteiger partial charge in [-0.3, -0.25) is 4.48 Å². The molecule has 0 aliphatic heterocycles. The minimum atomic E-state index is -6.37. The van der Waals surface area contributed by atoms with Crippen molar-refractivity contribution in [2.75, 3.05) is 31.4 Å². The second kappa shape index (κ2) is 34.2. The van der Waals surface area contributed by atoms with Gasteiger partial charge in [-0.05, 0) is 201 Å². The molecule has 1 unspecified atom stereocenters. The van der Waals surface area contributed by atoms with E-state index in [-0.39, 0.29) is 56.4 Å². The van der Waals surface area contributed by atoms with Gasteiger partial charge in [0.05, 0.1) is 70.5 Å². The van der Waals surface area contributed by atoms with E-state index in [0.29, 0.717) is 55.5 Å². The zero-order valence-electron chi connectivity index (χ0n) is 59.6. The number of hydrogen-bond donors (Lipinski definition) is 10. The number of anilines is 2. The average Bonchev–Trinajstić information content (AvgIpc) is 0.727. The fourth-order valence-corrected chi connectivity index (χ4v) is 12.9. The molecule has 0 saturated heterocycles. The molecule has 0 spiro atoms. The van der Waals surface area contributed by atoms with Crippen molar-refractivity contribution >= 4 is 17.1 Å². The van der Waals surface area contributed by atoms with Crippen LogP contribution in [0, 0.1) is 27.7 Å². The monoisotopic (exact) mass is 1390 g/mol. The number of rotatable bonds is 26. The van der Waals surface area contributed by atoms with Gasteiger partial charge in [0, 0.05) is 37.1 Å². The Morgan fingerprint density at radius 3 is 1.33 bits per heavy atom. The highest BCUT2D eigenvalue weighted by Gasteiger charge is 2.73. The molecule has 9 aromatic rings. The molecular formula is C83H98F6N3O9+. The molecule has 18 heteroatoms. The number of halogens is 6. The van der Waals surface area contributed by atoms with Crippen LogP contribution in [0.4, 0.5) is 43.4 Å². The summed E-state index contributed by atoms with van der Waals surface area (Å²) in [7, 11) is 4.99. The van der Waals surface area contributed by atoms with Gasteiger partial charge in [0.2, 0.25) is 0 Å². The van der Waals surface area contributed by atoms with Crippen LogP contribution >= 0.6 is 0 Å². The molecule has 540 valence electrons. The fourth-order valence-electron chi connectivity index (χ4n) is 12.9. The molecule has 1 atom stereocenters. The summed E-state index contributed by atoms with van der Waals surface area (Å²) < 4.78 is 83.9. The van der Waals surface area contributed by atoms with E-state index >= 15 is 4.39 Å². The molecule has 0 aliphatic rings. The number of alkyl halides is 6. The summed E-state index contributed by atoms with van der Waals surface area (Å²) in [5, 5.41) is 92.6. The fraction of sp³-hybridized carbons (Fsp3) is 0.349. The Hall–Kier alpha value is -8.24. The van der Waals surface area contributed by atoms with Crippen LogP contribution < -0.4 is 14.7 Å². The molecule has 0 saturated carbocycles. The predicted molar refractivity (Wildman–Crippen MR) is 391 cm³/mol. The third-order valence-electron chi connectivity index (χ3n) is 19.6. The summed E-state index contributed by atoms with van der Waals surface area (Å²) in [4.78, 5) is 2.19. The van der Waals surface area contributed by atoms with Crippen LogP contribution in [-0.2, 0) is 76.3 Å². The number of aryl methyl sites for hydroxylation is 4. The van der Waals surface area contributed by atoms with Crippen molar-refractivity contribution in [2.24, 2.45) is 0 Å². The lowest BCUT2D eigenvalue weighted by Gasteiger charge is -2.37. The SMILES string of the molecule is CCC(O)(CC)c1ccc(-c2cc(N(C)Cc3ccc(CO)c(CO)c3)ccc2C)c(C)c1.CCC(O)(CC)c1ccc(-c2cc(NCc3ccc(CO)c(CO)c3)ccc2C)c(C)c1.C[N+](C)(Cc1ccc(CO)c(CO)c1)c1cccc(-c2ccccc2)c1C(O)(F)C(F)(F)C(F)(F)F. The molecule has 0 bridgehead atoms. The standard InChI is InChI=1S/C29H37NO3.C28H35NO3.C26H26F6NO3/c1-6-29(33,7-2)25-11-13-27(21(4)14-25)28-16-26(12-8-20(28)3)30(5)17-22-9-10-23(18-31)24(15-22)19-32;1-5-28(32,6-2)24-10-12-26(20(4)13-24)27-15-25(11-7-19(27)3)29-16-21-8-9-22(17-30)23(14-21)18-31;1-33(2,14-17-11-12-19(15-34)20(13-17)16-35)22-10-6-9-21(18-7-4-3-5-8-18)23(22)24(27,36)25(28,29)26(30,31)32/h8-16,31-33H,6-7,17-19H2,1-5H3;7-15,29-32H,5-6,16-18H2,1-4H3;3-13,34-36H,14-16H2,1-2H3/q;;+1. The van der Waals surface area contributed by atoms with Crippen LogP contribution in [0.1, 0.15) is 142 Å². The number of quaternary nitrogens is 1. The van der Waals surface area contributed by atoms with E-state index in [1.807, 2.05) is 70.2 Å². The van der Waals surface area contributed by atoms with Gasteiger partial charge in [0.25, 0.3) is 0 Å². The summed E-state index contributed by atoms with van der Waals surface area (Å²) in [6.07, 6.45) is -3.60. The highest BCUT2D eigenvalue weighted by molar-refractivity contribution is 5.77. The van der Waals surface area contributed by atoms with Crippen LogP contribution in [0.3, 0.4) is 0 Å².